The minimum atomic E-state index is -0.486. The highest BCUT2D eigenvalue weighted by Crippen LogP contribution is 2.16. The second kappa shape index (κ2) is 4.16. The normalized spacial score (nSPS) is 18.8. The number of carbonyl (C=O) groups is 2. The van der Waals surface area contributed by atoms with E-state index < -0.39 is 6.04 Å². The van der Waals surface area contributed by atoms with Crippen molar-refractivity contribution < 1.29 is 14.3 Å². The predicted octanol–water partition coefficient (Wildman–Crippen LogP) is 0.375. The SMILES string of the molecule is [CH2+]C[C@@H](C(=O)OC)N1CCCC1=O. The molecule has 0 aromatic rings. The van der Waals surface area contributed by atoms with E-state index in [1.165, 1.54) is 7.11 Å². The number of nitrogens with zero attached hydrogens (tertiary/aromatic N) is 1. The van der Waals surface area contributed by atoms with Gasteiger partial charge in [-0.3, -0.25) is 4.79 Å². The summed E-state index contributed by atoms with van der Waals surface area (Å²) >= 11 is 0. The predicted molar refractivity (Wildman–Crippen MR) is 46.7 cm³/mol. The van der Waals surface area contributed by atoms with Crippen molar-refractivity contribution in [1.82, 2.24) is 4.90 Å². The van der Waals surface area contributed by atoms with Crippen molar-refractivity contribution in [2.24, 2.45) is 0 Å². The molecule has 1 aliphatic heterocycles. The third-order valence-electron chi connectivity index (χ3n) is 2.23. The number of carbonyl (C=O) groups excluding carboxylic acids is 2. The van der Waals surface area contributed by atoms with E-state index in [9.17, 15) is 9.59 Å². The maximum Gasteiger partial charge on any atom is 0.333 e. The molecule has 1 atom stereocenters. The van der Waals surface area contributed by atoms with Crippen LogP contribution in [-0.4, -0.2) is 36.5 Å². The van der Waals surface area contributed by atoms with E-state index in [0.29, 0.717) is 19.4 Å². The van der Waals surface area contributed by atoms with E-state index in [-0.39, 0.29) is 11.9 Å². The summed E-state index contributed by atoms with van der Waals surface area (Å²) in [7, 11) is 1.32. The van der Waals surface area contributed by atoms with E-state index in [0.717, 1.165) is 6.42 Å². The second-order valence-corrected chi connectivity index (χ2v) is 3.02. The van der Waals surface area contributed by atoms with Crippen LogP contribution >= 0.6 is 0 Å². The van der Waals surface area contributed by atoms with Gasteiger partial charge in [0.1, 0.15) is 6.42 Å². The Kier molecular flexibility index (Phi) is 3.17. The maximum atomic E-state index is 11.3. The van der Waals surface area contributed by atoms with Gasteiger partial charge < -0.3 is 9.64 Å². The van der Waals surface area contributed by atoms with Gasteiger partial charge in [-0.05, 0) is 6.42 Å². The van der Waals surface area contributed by atoms with Crippen LogP contribution in [0.15, 0.2) is 0 Å². The fourth-order valence-corrected chi connectivity index (χ4v) is 1.54. The molecule has 0 N–H and O–H groups in total. The lowest BCUT2D eigenvalue weighted by Crippen LogP contribution is -2.42. The number of hydrogen-bond donors (Lipinski definition) is 0. The molecule has 1 aliphatic rings. The lowest BCUT2D eigenvalue weighted by atomic mass is 10.2. The first-order chi connectivity index (χ1) is 6.20. The van der Waals surface area contributed by atoms with Gasteiger partial charge in [0.15, 0.2) is 6.04 Å². The minimum absolute atomic E-state index is 0.0269. The summed E-state index contributed by atoms with van der Waals surface area (Å²) < 4.78 is 4.59. The fourth-order valence-electron chi connectivity index (χ4n) is 1.54. The molecule has 0 aliphatic carbocycles. The Balaban J connectivity index is 2.65. The van der Waals surface area contributed by atoms with Crippen LogP contribution in [-0.2, 0) is 14.3 Å². The molecule has 0 radical (unpaired) electrons. The summed E-state index contributed by atoms with van der Waals surface area (Å²) in [5, 5.41) is 0. The van der Waals surface area contributed by atoms with Crippen LogP contribution in [0.5, 0.6) is 0 Å². The number of rotatable bonds is 3. The van der Waals surface area contributed by atoms with Crippen molar-refractivity contribution in [1.29, 1.82) is 0 Å². The zero-order valence-electron chi connectivity index (χ0n) is 7.78. The average molecular weight is 184 g/mol. The first-order valence-electron chi connectivity index (χ1n) is 4.37. The van der Waals surface area contributed by atoms with Gasteiger partial charge in [0.2, 0.25) is 5.91 Å². The molecule has 4 heteroatoms. The van der Waals surface area contributed by atoms with Crippen LogP contribution in [0, 0.1) is 6.92 Å². The third-order valence-corrected chi connectivity index (χ3v) is 2.23. The summed E-state index contributed by atoms with van der Waals surface area (Å²) in [5.41, 5.74) is 0. The topological polar surface area (TPSA) is 46.6 Å². The van der Waals surface area contributed by atoms with E-state index in [4.69, 9.17) is 0 Å². The second-order valence-electron chi connectivity index (χ2n) is 3.02. The molecule has 1 amide bonds. The maximum absolute atomic E-state index is 11.3. The Labute approximate surface area is 77.8 Å². The number of esters is 1. The molecule has 1 fully saturated rings. The lowest BCUT2D eigenvalue weighted by molar-refractivity contribution is -0.151. The van der Waals surface area contributed by atoms with E-state index in [1.807, 2.05) is 0 Å². The van der Waals surface area contributed by atoms with Crippen LogP contribution in [0.1, 0.15) is 19.3 Å². The Morgan fingerprint density at radius 2 is 2.46 bits per heavy atom. The van der Waals surface area contributed by atoms with Crippen molar-refractivity contribution in [3.05, 3.63) is 6.92 Å². The molecule has 13 heavy (non-hydrogen) atoms. The van der Waals surface area contributed by atoms with E-state index >= 15 is 0 Å². The highest BCUT2D eigenvalue weighted by molar-refractivity contribution is 5.85. The number of amides is 1. The fraction of sp³-hybridized carbons (Fsp3) is 0.667. The van der Waals surface area contributed by atoms with Gasteiger partial charge in [-0.15, -0.1) is 0 Å². The van der Waals surface area contributed by atoms with Crippen LogP contribution in [0.2, 0.25) is 0 Å². The Bertz CT molecular complexity index is 215. The number of likely N-dealkylation sites (tertiary alicyclic amines) is 1. The number of hydrogen-bond acceptors (Lipinski definition) is 3. The Morgan fingerprint density at radius 1 is 1.77 bits per heavy atom. The molecule has 0 saturated carbocycles. The monoisotopic (exact) mass is 184 g/mol. The standard InChI is InChI=1S/C9H14NO3/c1-3-7(9(12)13-2)10-6-4-5-8(10)11/h7H,1,3-6H2,2H3/q+1/t7-/m0/s1. The first kappa shape index (κ1) is 9.89. The molecule has 0 unspecified atom stereocenters. The summed E-state index contributed by atoms with van der Waals surface area (Å²) in [5.74, 6) is -0.343. The molecule has 0 bridgehead atoms. The van der Waals surface area contributed by atoms with Gasteiger partial charge in [0.25, 0.3) is 0 Å². The quantitative estimate of drug-likeness (QED) is 0.470. The van der Waals surface area contributed by atoms with Crippen LogP contribution in [0.25, 0.3) is 0 Å². The van der Waals surface area contributed by atoms with Crippen LogP contribution in [0.4, 0.5) is 0 Å². The Morgan fingerprint density at radius 3 is 2.85 bits per heavy atom. The van der Waals surface area contributed by atoms with Gasteiger partial charge in [-0.1, -0.05) is 0 Å². The highest BCUT2D eigenvalue weighted by atomic mass is 16.5. The molecular weight excluding hydrogens is 170 g/mol. The van der Waals surface area contributed by atoms with E-state index in [2.05, 4.69) is 11.7 Å². The highest BCUT2D eigenvalue weighted by Gasteiger charge is 2.34. The van der Waals surface area contributed by atoms with Crippen LogP contribution in [0.3, 0.4) is 0 Å². The zero-order chi connectivity index (χ0) is 9.84. The van der Waals surface area contributed by atoms with Gasteiger partial charge in [0, 0.05) is 13.0 Å². The van der Waals surface area contributed by atoms with Gasteiger partial charge >= 0.3 is 5.97 Å². The van der Waals surface area contributed by atoms with E-state index in [1.54, 1.807) is 4.90 Å². The molecule has 4 nitrogen and oxygen atoms in total. The van der Waals surface area contributed by atoms with Crippen molar-refractivity contribution in [3.8, 4) is 0 Å². The molecule has 1 rings (SSSR count). The molecule has 0 spiro atoms. The molecule has 0 aromatic heterocycles. The van der Waals surface area contributed by atoms with Crippen molar-refractivity contribution in [3.63, 3.8) is 0 Å². The van der Waals surface area contributed by atoms with Crippen molar-refractivity contribution in [2.75, 3.05) is 13.7 Å². The van der Waals surface area contributed by atoms with Gasteiger partial charge in [0.05, 0.1) is 14.0 Å². The van der Waals surface area contributed by atoms with Crippen molar-refractivity contribution >= 4 is 11.9 Å². The summed E-state index contributed by atoms with van der Waals surface area (Å²) in [6.07, 6.45) is 1.73. The van der Waals surface area contributed by atoms with Gasteiger partial charge in [-0.25, -0.2) is 4.79 Å². The summed E-state index contributed by atoms with van der Waals surface area (Å²) in [6, 6.07) is -0.486. The summed E-state index contributed by atoms with van der Waals surface area (Å²) in [4.78, 5) is 24.1. The van der Waals surface area contributed by atoms with Crippen LogP contribution < -0.4 is 0 Å². The van der Waals surface area contributed by atoms with Gasteiger partial charge in [-0.2, -0.15) is 0 Å². The summed E-state index contributed by atoms with van der Waals surface area (Å²) in [6.45, 7) is 4.29. The minimum Gasteiger partial charge on any atom is -0.467 e. The Hall–Kier alpha value is -1.19. The molecule has 1 saturated heterocycles. The number of ether oxygens (including phenoxy) is 1. The first-order valence-corrected chi connectivity index (χ1v) is 4.37. The number of methoxy groups -OCH3 is 1. The third kappa shape index (κ3) is 1.94. The molecule has 0 aromatic carbocycles. The molecule has 72 valence electrons. The largest absolute Gasteiger partial charge is 0.467 e. The lowest BCUT2D eigenvalue weighted by Gasteiger charge is -2.21. The smallest absolute Gasteiger partial charge is 0.333 e. The molecule has 1 heterocycles. The molecular formula is C9H14NO3+. The van der Waals surface area contributed by atoms with Crippen molar-refractivity contribution in [2.45, 2.75) is 25.3 Å². The zero-order valence-corrected chi connectivity index (χ0v) is 7.78. The average Bonchev–Trinajstić information content (AvgIpc) is 2.53.